The first-order valence-corrected chi connectivity index (χ1v) is 7.62. The molecule has 0 aliphatic heterocycles. The number of halogens is 1. The van der Waals surface area contributed by atoms with Gasteiger partial charge in [0.25, 0.3) is 0 Å². The van der Waals surface area contributed by atoms with E-state index in [9.17, 15) is 0 Å². The minimum Gasteiger partial charge on any atom is -0.383 e. The van der Waals surface area contributed by atoms with E-state index in [1.165, 1.54) is 5.56 Å². The molecule has 0 aliphatic carbocycles. The van der Waals surface area contributed by atoms with Crippen LogP contribution in [0.3, 0.4) is 0 Å². The van der Waals surface area contributed by atoms with Crippen LogP contribution in [0.4, 0.5) is 5.82 Å². The third-order valence-electron chi connectivity index (χ3n) is 3.31. The summed E-state index contributed by atoms with van der Waals surface area (Å²) in [7, 11) is 0. The molecule has 0 fully saturated rings. The van der Waals surface area contributed by atoms with Crippen molar-refractivity contribution in [2.45, 2.75) is 26.3 Å². The lowest BCUT2D eigenvalue weighted by Gasteiger charge is -2.22. The maximum Gasteiger partial charge on any atom is 0.128 e. The van der Waals surface area contributed by atoms with E-state index in [1.807, 2.05) is 18.2 Å². The second-order valence-electron chi connectivity index (χ2n) is 4.87. The van der Waals surface area contributed by atoms with Crippen molar-refractivity contribution in [3.05, 3.63) is 57.7 Å². The SMILES string of the molecule is CCCNC(c1cccc(Br)c1)c1c(C)ccnc1N. The zero-order valence-electron chi connectivity index (χ0n) is 11.9. The Labute approximate surface area is 128 Å². The molecule has 0 saturated carbocycles. The number of nitrogens with one attached hydrogen (secondary N) is 1. The van der Waals surface area contributed by atoms with Crippen LogP contribution in [0.1, 0.15) is 36.1 Å². The molecule has 0 radical (unpaired) electrons. The maximum atomic E-state index is 6.11. The van der Waals surface area contributed by atoms with E-state index in [-0.39, 0.29) is 6.04 Å². The van der Waals surface area contributed by atoms with Gasteiger partial charge in [0.2, 0.25) is 0 Å². The fourth-order valence-corrected chi connectivity index (χ4v) is 2.74. The summed E-state index contributed by atoms with van der Waals surface area (Å²) in [6.45, 7) is 5.17. The molecule has 1 atom stereocenters. The Morgan fingerprint density at radius 2 is 2.15 bits per heavy atom. The number of aryl methyl sites for hydroxylation is 1. The van der Waals surface area contributed by atoms with E-state index in [0.717, 1.165) is 28.6 Å². The molecule has 0 saturated heterocycles. The van der Waals surface area contributed by atoms with Crippen LogP contribution in [-0.2, 0) is 0 Å². The minimum atomic E-state index is 0.0705. The van der Waals surface area contributed by atoms with Crippen molar-refractivity contribution < 1.29 is 0 Å². The lowest BCUT2D eigenvalue weighted by Crippen LogP contribution is -2.25. The van der Waals surface area contributed by atoms with Crippen LogP contribution in [0.5, 0.6) is 0 Å². The number of hydrogen-bond acceptors (Lipinski definition) is 3. The Kier molecular flexibility index (Phi) is 5.15. The second kappa shape index (κ2) is 6.86. The van der Waals surface area contributed by atoms with Gasteiger partial charge in [0.05, 0.1) is 6.04 Å². The molecular weight excluding hydrogens is 314 g/mol. The number of hydrogen-bond donors (Lipinski definition) is 2. The smallest absolute Gasteiger partial charge is 0.128 e. The normalized spacial score (nSPS) is 12.3. The van der Waals surface area contributed by atoms with Gasteiger partial charge in [-0.2, -0.15) is 0 Å². The van der Waals surface area contributed by atoms with E-state index < -0.39 is 0 Å². The van der Waals surface area contributed by atoms with Gasteiger partial charge in [-0.15, -0.1) is 0 Å². The first-order chi connectivity index (χ1) is 9.63. The Morgan fingerprint density at radius 3 is 2.80 bits per heavy atom. The van der Waals surface area contributed by atoms with E-state index in [4.69, 9.17) is 5.73 Å². The van der Waals surface area contributed by atoms with Crippen LogP contribution >= 0.6 is 15.9 Å². The number of nitrogens with two attached hydrogens (primary N) is 1. The first kappa shape index (κ1) is 15.0. The highest BCUT2D eigenvalue weighted by atomic mass is 79.9. The highest BCUT2D eigenvalue weighted by Gasteiger charge is 2.19. The number of pyridine rings is 1. The lowest BCUT2D eigenvalue weighted by molar-refractivity contribution is 0.596. The van der Waals surface area contributed by atoms with Crippen molar-refractivity contribution in [2.75, 3.05) is 12.3 Å². The van der Waals surface area contributed by atoms with Crippen LogP contribution in [0.15, 0.2) is 41.0 Å². The van der Waals surface area contributed by atoms with Gasteiger partial charge in [0, 0.05) is 16.2 Å². The molecule has 0 amide bonds. The van der Waals surface area contributed by atoms with Crippen LogP contribution in [-0.4, -0.2) is 11.5 Å². The summed E-state index contributed by atoms with van der Waals surface area (Å²) >= 11 is 3.53. The standard InChI is InChI=1S/C16H20BrN3/c1-3-8-19-15(12-5-4-6-13(17)10-12)14-11(2)7-9-20-16(14)18/h4-7,9-10,15,19H,3,8H2,1-2H3,(H2,18,20). The molecular formula is C16H20BrN3. The molecule has 4 heteroatoms. The highest BCUT2D eigenvalue weighted by Crippen LogP contribution is 2.29. The van der Waals surface area contributed by atoms with Crippen LogP contribution in [0.25, 0.3) is 0 Å². The van der Waals surface area contributed by atoms with E-state index in [2.05, 4.69) is 52.2 Å². The fourth-order valence-electron chi connectivity index (χ4n) is 2.33. The summed E-state index contributed by atoms with van der Waals surface area (Å²) in [5.74, 6) is 0.596. The summed E-state index contributed by atoms with van der Waals surface area (Å²) in [6, 6.07) is 10.4. The van der Waals surface area contributed by atoms with Gasteiger partial charge >= 0.3 is 0 Å². The van der Waals surface area contributed by atoms with E-state index in [1.54, 1.807) is 6.20 Å². The summed E-state index contributed by atoms with van der Waals surface area (Å²) in [6.07, 6.45) is 2.83. The number of aromatic nitrogens is 1. The predicted molar refractivity (Wildman–Crippen MR) is 87.7 cm³/mol. The van der Waals surface area contributed by atoms with Gasteiger partial charge in [-0.05, 0) is 49.2 Å². The van der Waals surface area contributed by atoms with Crippen molar-refractivity contribution in [2.24, 2.45) is 0 Å². The molecule has 1 aromatic carbocycles. The average Bonchev–Trinajstić information content (AvgIpc) is 2.42. The fraction of sp³-hybridized carbons (Fsp3) is 0.312. The van der Waals surface area contributed by atoms with Gasteiger partial charge in [-0.25, -0.2) is 4.98 Å². The van der Waals surface area contributed by atoms with E-state index >= 15 is 0 Å². The number of anilines is 1. The monoisotopic (exact) mass is 333 g/mol. The number of nitrogen functional groups attached to an aromatic ring is 1. The molecule has 3 nitrogen and oxygen atoms in total. The molecule has 2 aromatic rings. The lowest BCUT2D eigenvalue weighted by atomic mass is 9.95. The van der Waals surface area contributed by atoms with Crippen molar-refractivity contribution in [1.82, 2.24) is 10.3 Å². The van der Waals surface area contributed by atoms with Crippen molar-refractivity contribution in [3.63, 3.8) is 0 Å². The van der Waals surface area contributed by atoms with Gasteiger partial charge in [-0.1, -0.05) is 35.0 Å². The zero-order valence-corrected chi connectivity index (χ0v) is 13.4. The summed E-state index contributed by atoms with van der Waals surface area (Å²) < 4.78 is 1.07. The molecule has 1 aromatic heterocycles. The maximum absolute atomic E-state index is 6.11. The van der Waals surface area contributed by atoms with Crippen molar-refractivity contribution in [3.8, 4) is 0 Å². The number of nitrogens with zero attached hydrogens (tertiary/aromatic N) is 1. The van der Waals surface area contributed by atoms with Gasteiger partial charge in [-0.3, -0.25) is 0 Å². The largest absolute Gasteiger partial charge is 0.383 e. The summed E-state index contributed by atoms with van der Waals surface area (Å²) in [4.78, 5) is 4.24. The Hall–Kier alpha value is -1.39. The zero-order chi connectivity index (χ0) is 14.5. The predicted octanol–water partition coefficient (Wildman–Crippen LogP) is 3.82. The molecule has 3 N–H and O–H groups in total. The van der Waals surface area contributed by atoms with Crippen LogP contribution in [0, 0.1) is 6.92 Å². The molecule has 0 bridgehead atoms. The quantitative estimate of drug-likeness (QED) is 0.874. The first-order valence-electron chi connectivity index (χ1n) is 6.83. The van der Waals surface area contributed by atoms with Crippen LogP contribution in [0.2, 0.25) is 0 Å². The molecule has 1 unspecified atom stereocenters. The number of rotatable bonds is 5. The Balaban J connectivity index is 2.47. The molecule has 1 heterocycles. The molecule has 106 valence electrons. The molecule has 0 aliphatic rings. The Morgan fingerprint density at radius 1 is 1.35 bits per heavy atom. The molecule has 20 heavy (non-hydrogen) atoms. The third kappa shape index (κ3) is 3.38. The van der Waals surface area contributed by atoms with Crippen molar-refractivity contribution >= 4 is 21.7 Å². The average molecular weight is 334 g/mol. The number of benzene rings is 1. The van der Waals surface area contributed by atoms with Gasteiger partial charge in [0.15, 0.2) is 0 Å². The molecule has 2 rings (SSSR count). The molecule has 0 spiro atoms. The van der Waals surface area contributed by atoms with E-state index in [0.29, 0.717) is 5.82 Å². The van der Waals surface area contributed by atoms with Crippen molar-refractivity contribution in [1.29, 1.82) is 0 Å². The topological polar surface area (TPSA) is 50.9 Å². The minimum absolute atomic E-state index is 0.0705. The van der Waals surface area contributed by atoms with Gasteiger partial charge in [0.1, 0.15) is 5.82 Å². The second-order valence-corrected chi connectivity index (χ2v) is 5.78. The summed E-state index contributed by atoms with van der Waals surface area (Å²) in [5.41, 5.74) is 9.52. The Bertz CT molecular complexity index is 563. The van der Waals surface area contributed by atoms with Crippen LogP contribution < -0.4 is 11.1 Å². The highest BCUT2D eigenvalue weighted by molar-refractivity contribution is 9.10. The van der Waals surface area contributed by atoms with Gasteiger partial charge < -0.3 is 11.1 Å². The third-order valence-corrected chi connectivity index (χ3v) is 3.80. The summed E-state index contributed by atoms with van der Waals surface area (Å²) in [5, 5.41) is 3.57.